The molecule has 166 valence electrons. The van der Waals surface area contributed by atoms with Gasteiger partial charge in [-0.2, -0.15) is 5.10 Å². The number of allylic oxidation sites excluding steroid dienone is 2. The summed E-state index contributed by atoms with van der Waals surface area (Å²) < 4.78 is 7.44. The van der Waals surface area contributed by atoms with Gasteiger partial charge in [-0.25, -0.2) is 4.68 Å². The molecule has 1 saturated heterocycles. The Bertz CT molecular complexity index is 1130. The van der Waals surface area contributed by atoms with Crippen LogP contribution in [0.3, 0.4) is 0 Å². The molecule has 0 unspecified atom stereocenters. The summed E-state index contributed by atoms with van der Waals surface area (Å²) in [6.45, 7) is 8.74. The normalized spacial score (nSPS) is 16.4. The second-order valence-corrected chi connectivity index (χ2v) is 8.32. The molecule has 3 heterocycles. The number of amides is 1. The fourth-order valence-electron chi connectivity index (χ4n) is 3.51. The Morgan fingerprint density at radius 3 is 2.66 bits per heavy atom. The van der Waals surface area contributed by atoms with E-state index in [4.69, 9.17) is 15.6 Å². The van der Waals surface area contributed by atoms with Gasteiger partial charge in [0.2, 0.25) is 0 Å². The molecule has 0 aliphatic carbocycles. The second kappa shape index (κ2) is 9.30. The number of nitrogens with two attached hydrogens (primary N) is 1. The van der Waals surface area contributed by atoms with Crippen LogP contribution in [0.2, 0.25) is 0 Å². The molecule has 0 spiro atoms. The van der Waals surface area contributed by atoms with Gasteiger partial charge in [0.15, 0.2) is 0 Å². The number of ether oxygens (including phenoxy) is 1. The summed E-state index contributed by atoms with van der Waals surface area (Å²) in [4.78, 5) is 14.7. The average Bonchev–Trinajstić information content (AvgIpc) is 3.13. The zero-order valence-electron chi connectivity index (χ0n) is 18.8. The van der Waals surface area contributed by atoms with E-state index < -0.39 is 0 Å². The van der Waals surface area contributed by atoms with E-state index in [1.165, 1.54) is 11.6 Å². The Balaban J connectivity index is 1.71. The molecule has 1 amide bonds. The number of aryl methyl sites for hydroxylation is 1. The Hall–Kier alpha value is -3.54. The van der Waals surface area contributed by atoms with Crippen LogP contribution in [0.4, 0.5) is 0 Å². The molecule has 0 radical (unpaired) electrons. The lowest BCUT2D eigenvalue weighted by molar-refractivity contribution is -0.115. The van der Waals surface area contributed by atoms with Crippen molar-refractivity contribution in [3.05, 3.63) is 70.9 Å². The summed E-state index contributed by atoms with van der Waals surface area (Å²) in [5.74, 6) is 0.701. The molecule has 1 aromatic carbocycles. The molecular formula is C25H29N5O2. The van der Waals surface area contributed by atoms with Crippen molar-refractivity contribution < 1.29 is 9.53 Å². The van der Waals surface area contributed by atoms with E-state index >= 15 is 0 Å². The minimum Gasteiger partial charge on any atom is -0.402 e. The molecule has 2 aliphatic heterocycles. The van der Waals surface area contributed by atoms with E-state index in [9.17, 15) is 4.79 Å². The highest BCUT2D eigenvalue weighted by Gasteiger charge is 2.21. The fourth-order valence-corrected chi connectivity index (χ4v) is 3.51. The van der Waals surface area contributed by atoms with E-state index in [2.05, 4.69) is 47.1 Å². The highest BCUT2D eigenvalue weighted by Crippen LogP contribution is 2.26. The van der Waals surface area contributed by atoms with Gasteiger partial charge in [-0.1, -0.05) is 49.4 Å². The van der Waals surface area contributed by atoms with Gasteiger partial charge < -0.3 is 20.7 Å². The molecule has 7 heteroatoms. The number of benzene rings is 1. The monoisotopic (exact) mass is 431 g/mol. The van der Waals surface area contributed by atoms with Crippen molar-refractivity contribution in [1.29, 1.82) is 0 Å². The summed E-state index contributed by atoms with van der Waals surface area (Å²) in [6, 6.07) is 10.4. The molecule has 0 atom stereocenters. The van der Waals surface area contributed by atoms with Gasteiger partial charge >= 0.3 is 0 Å². The number of nitrogens with zero attached hydrogens (tertiary/aromatic N) is 3. The number of hydrogen-bond donors (Lipinski definition) is 2. The van der Waals surface area contributed by atoms with Crippen LogP contribution in [0.5, 0.6) is 0 Å². The second-order valence-electron chi connectivity index (χ2n) is 8.32. The van der Waals surface area contributed by atoms with Crippen LogP contribution in [0, 0.1) is 12.8 Å². The largest absolute Gasteiger partial charge is 0.402 e. The van der Waals surface area contributed by atoms with Gasteiger partial charge in [0, 0.05) is 42.6 Å². The first-order chi connectivity index (χ1) is 15.4. The number of carbonyl (C=O) groups is 1. The van der Waals surface area contributed by atoms with E-state index in [0.717, 1.165) is 35.9 Å². The van der Waals surface area contributed by atoms with Crippen LogP contribution in [0.25, 0.3) is 23.2 Å². The molecule has 1 fully saturated rings. The van der Waals surface area contributed by atoms with Crippen LogP contribution in [0.15, 0.2) is 59.6 Å². The van der Waals surface area contributed by atoms with Gasteiger partial charge in [-0.05, 0) is 18.9 Å². The first-order valence-electron chi connectivity index (χ1n) is 10.9. The van der Waals surface area contributed by atoms with E-state index in [-0.39, 0.29) is 11.8 Å². The van der Waals surface area contributed by atoms with Crippen molar-refractivity contribution in [2.45, 2.75) is 20.8 Å². The quantitative estimate of drug-likeness (QED) is 0.561. The number of morpholine rings is 1. The van der Waals surface area contributed by atoms with Crippen molar-refractivity contribution in [2.24, 2.45) is 11.7 Å². The van der Waals surface area contributed by atoms with Crippen molar-refractivity contribution in [3.63, 3.8) is 0 Å². The molecule has 4 rings (SSSR count). The minimum absolute atomic E-state index is 0.101. The fraction of sp³-hybridized carbons (Fsp3) is 0.320. The number of rotatable bonds is 5. The van der Waals surface area contributed by atoms with Crippen LogP contribution >= 0.6 is 0 Å². The molecule has 2 aromatic rings. The maximum absolute atomic E-state index is 12.5. The number of aromatic nitrogens is 2. The number of hydrogen-bond acceptors (Lipinski definition) is 5. The number of carbonyl (C=O) groups excluding carboxylic acids is 1. The predicted octanol–water partition coefficient (Wildman–Crippen LogP) is 3.11. The highest BCUT2D eigenvalue weighted by molar-refractivity contribution is 5.90. The molecule has 3 N–H and O–H groups in total. The summed E-state index contributed by atoms with van der Waals surface area (Å²) in [7, 11) is 0. The third-order valence-electron chi connectivity index (χ3n) is 5.51. The zero-order valence-corrected chi connectivity index (χ0v) is 18.8. The van der Waals surface area contributed by atoms with Crippen molar-refractivity contribution in [3.8, 4) is 11.3 Å². The Morgan fingerprint density at radius 2 is 1.97 bits per heavy atom. The standard InChI is InChI=1S/C25H29N5O2/c1-17(2)22(26)16-24(31)27-20-8-9-21-15-23(19-6-4-18(3)5-7-19)28-30(21)25(14-20)29-10-12-32-13-11-29/h4-7,9,14-17H,10-13,26H2,1-3H3,(H,27,31)/b22-16-. The SMILES string of the molecule is Cc1ccc(-c2cc3n(n2)C(N2CCOCC2)=CC(NC(=O)/C=C(\N)C(C)C)=C=C3)cc1. The Morgan fingerprint density at radius 1 is 1.25 bits per heavy atom. The van der Waals surface area contributed by atoms with Crippen LogP contribution in [-0.2, 0) is 9.53 Å². The summed E-state index contributed by atoms with van der Waals surface area (Å²) in [6.07, 6.45) is 5.18. The maximum Gasteiger partial charge on any atom is 0.250 e. The van der Waals surface area contributed by atoms with Gasteiger partial charge in [-0.15, -0.1) is 0 Å². The third kappa shape index (κ3) is 4.85. The lowest BCUT2D eigenvalue weighted by Crippen LogP contribution is -2.37. The van der Waals surface area contributed by atoms with E-state index in [1.54, 1.807) is 0 Å². The van der Waals surface area contributed by atoms with Crippen LogP contribution in [-0.4, -0.2) is 46.9 Å². The molecule has 32 heavy (non-hydrogen) atoms. The molecule has 1 aromatic heterocycles. The summed E-state index contributed by atoms with van der Waals surface area (Å²) >= 11 is 0. The molecule has 2 aliphatic rings. The van der Waals surface area contributed by atoms with Crippen LogP contribution < -0.4 is 11.1 Å². The average molecular weight is 432 g/mol. The summed E-state index contributed by atoms with van der Waals surface area (Å²) in [5, 5.41) is 7.78. The Labute approximate surface area is 188 Å². The van der Waals surface area contributed by atoms with E-state index in [0.29, 0.717) is 24.6 Å². The first-order valence-corrected chi connectivity index (χ1v) is 10.9. The van der Waals surface area contributed by atoms with Crippen molar-refractivity contribution in [1.82, 2.24) is 20.0 Å². The van der Waals surface area contributed by atoms with Gasteiger partial charge in [0.1, 0.15) is 5.82 Å². The number of fused-ring (bicyclic) bond motifs is 1. The van der Waals surface area contributed by atoms with Gasteiger partial charge in [-0.3, -0.25) is 4.79 Å². The van der Waals surface area contributed by atoms with Gasteiger partial charge in [0.05, 0.1) is 30.3 Å². The molecular weight excluding hydrogens is 402 g/mol. The lowest BCUT2D eigenvalue weighted by Gasteiger charge is -2.31. The van der Waals surface area contributed by atoms with Gasteiger partial charge in [0.25, 0.3) is 5.91 Å². The molecule has 7 nitrogen and oxygen atoms in total. The maximum atomic E-state index is 12.5. The summed E-state index contributed by atoms with van der Waals surface area (Å²) in [5.41, 5.74) is 14.3. The van der Waals surface area contributed by atoms with Crippen LogP contribution in [0.1, 0.15) is 25.1 Å². The highest BCUT2D eigenvalue weighted by atomic mass is 16.5. The molecule has 0 bridgehead atoms. The number of nitrogens with one attached hydrogen (secondary N) is 1. The van der Waals surface area contributed by atoms with Crippen molar-refractivity contribution >= 4 is 17.8 Å². The zero-order chi connectivity index (χ0) is 22.7. The topological polar surface area (TPSA) is 85.4 Å². The van der Waals surface area contributed by atoms with E-state index in [1.807, 2.05) is 36.7 Å². The Kier molecular flexibility index (Phi) is 6.30. The smallest absolute Gasteiger partial charge is 0.250 e. The third-order valence-corrected chi connectivity index (χ3v) is 5.51. The predicted molar refractivity (Wildman–Crippen MR) is 126 cm³/mol. The first kappa shape index (κ1) is 21.7. The molecule has 0 saturated carbocycles. The van der Waals surface area contributed by atoms with Crippen molar-refractivity contribution in [2.75, 3.05) is 26.3 Å². The minimum atomic E-state index is -0.274. The lowest BCUT2D eigenvalue weighted by atomic mass is 10.1.